The molecule has 9 nitrogen and oxygen atoms in total. The number of hydrogen-bond acceptors (Lipinski definition) is 7. The van der Waals surface area contributed by atoms with E-state index in [2.05, 4.69) is 49.3 Å². The van der Waals surface area contributed by atoms with Crippen molar-refractivity contribution in [2.24, 2.45) is 35.0 Å². The van der Waals surface area contributed by atoms with Crippen LogP contribution in [0.25, 0.3) is 0 Å². The molecule has 9 heteroatoms. The van der Waals surface area contributed by atoms with Crippen LogP contribution in [0.5, 0.6) is 0 Å². The molecule has 8 rings (SSSR count). The summed E-state index contributed by atoms with van der Waals surface area (Å²) in [5.41, 5.74) is 6.35. The molecule has 1 spiro atoms. The Bertz CT molecular complexity index is 2040. The highest BCUT2D eigenvalue weighted by Crippen LogP contribution is 2.65. The zero-order valence-electron chi connectivity index (χ0n) is 35.7. The van der Waals surface area contributed by atoms with E-state index in [9.17, 15) is 24.0 Å². The fraction of sp³-hybridized carbons (Fsp3) is 0.580. The number of rotatable bonds is 12. The Labute approximate surface area is 350 Å². The molecule has 0 bridgehead atoms. The van der Waals surface area contributed by atoms with Crippen molar-refractivity contribution in [3.63, 3.8) is 0 Å². The third kappa shape index (κ3) is 7.94. The summed E-state index contributed by atoms with van der Waals surface area (Å²) in [5, 5.41) is 6.05. The molecule has 2 saturated carbocycles. The number of allylic oxidation sites excluding steroid dienone is 3. The lowest BCUT2D eigenvalue weighted by Gasteiger charge is -2.47. The molecule has 0 aromatic heterocycles. The Kier molecular flexibility index (Phi) is 11.7. The van der Waals surface area contributed by atoms with Crippen LogP contribution < -0.4 is 10.6 Å². The molecule has 6 aliphatic rings. The second kappa shape index (κ2) is 16.7. The molecule has 2 aromatic rings. The summed E-state index contributed by atoms with van der Waals surface area (Å²) in [6, 6.07) is 15.7. The van der Waals surface area contributed by atoms with E-state index in [1.54, 1.807) is 29.8 Å². The third-order valence-electron chi connectivity index (χ3n) is 15.7. The molecule has 2 heterocycles. The minimum absolute atomic E-state index is 0.0217. The number of ether oxygens (including phenoxy) is 1. The van der Waals surface area contributed by atoms with E-state index < -0.39 is 6.04 Å². The lowest BCUT2D eigenvalue weighted by Crippen LogP contribution is -2.55. The molecule has 10 atom stereocenters. The van der Waals surface area contributed by atoms with Crippen LogP contribution in [-0.4, -0.2) is 77.5 Å². The standard InChI is InChI=1S/C50H63N3O6/c1-30-25-44-46(33(4)50(59-44)22-20-39-40-17-16-37-27-38(55)19-21-49(37,5)42(40)28-41(39)32(50)3)53(29-30)24-23-51-48(58)43(52-45(56)18-11-31(2)54)26-34-12-14-36(15-13-34)47(57)35-9-7-6-8-10-35/h6-10,12-16,30,33,39-40,42-44,46H,11,17-29H2,1-5H3,(H,51,58)(H,52,56)/t30?,33-,39+,40?,42+,43?,44-,46?,49?,50?/m1/s1. The molecule has 4 fully saturated rings. The molecule has 0 radical (unpaired) electrons. The van der Waals surface area contributed by atoms with Gasteiger partial charge in [-0.25, -0.2) is 0 Å². The zero-order valence-corrected chi connectivity index (χ0v) is 35.7. The second-order valence-electron chi connectivity index (χ2n) is 19.2. The Balaban J connectivity index is 0.939. The predicted molar refractivity (Wildman–Crippen MR) is 227 cm³/mol. The molecule has 2 saturated heterocycles. The maximum Gasteiger partial charge on any atom is 0.242 e. The lowest BCUT2D eigenvalue weighted by atomic mass is 9.57. The quantitative estimate of drug-likeness (QED) is 0.170. The van der Waals surface area contributed by atoms with Crippen LogP contribution in [0.2, 0.25) is 0 Å². The number of likely N-dealkylation sites (tertiary alicyclic amines) is 1. The number of piperidine rings is 1. The van der Waals surface area contributed by atoms with Crippen LogP contribution in [0, 0.1) is 35.0 Å². The molecule has 2 N–H and O–H groups in total. The summed E-state index contributed by atoms with van der Waals surface area (Å²) in [7, 11) is 0. The van der Waals surface area contributed by atoms with Gasteiger partial charge in [0, 0.05) is 74.8 Å². The van der Waals surface area contributed by atoms with Gasteiger partial charge in [-0.05, 0) is 92.6 Å². The van der Waals surface area contributed by atoms with Crippen LogP contribution >= 0.6 is 0 Å². The average molecular weight is 802 g/mol. The maximum atomic E-state index is 13.9. The van der Waals surface area contributed by atoms with Gasteiger partial charge in [0.25, 0.3) is 0 Å². The monoisotopic (exact) mass is 801 g/mol. The Morgan fingerprint density at radius 1 is 0.983 bits per heavy atom. The molecular formula is C50H63N3O6. The summed E-state index contributed by atoms with van der Waals surface area (Å²) in [6.45, 7) is 13.0. The SMILES string of the molecule is CC(=O)CCC(=O)NC(Cc1ccc(C(=O)c2ccccc2)cc1)C(=O)NCCN1CC(C)C[C@H]2OC3(CC[C@@H]4C(=C3C)C[C@H]3C4CC=C4CC(=O)CCC43C)[C@H](C)C21. The number of fused-ring (bicyclic) bond motifs is 6. The molecule has 2 aliphatic heterocycles. The molecule has 4 aliphatic carbocycles. The first-order valence-electron chi connectivity index (χ1n) is 22.4. The highest BCUT2D eigenvalue weighted by atomic mass is 16.5. The van der Waals surface area contributed by atoms with Gasteiger partial charge in [0.2, 0.25) is 11.8 Å². The Hall–Kier alpha value is -4.21. The fourth-order valence-corrected chi connectivity index (χ4v) is 12.6. The number of hydrogen-bond donors (Lipinski definition) is 2. The number of carbonyl (C=O) groups is 5. The number of carbonyl (C=O) groups excluding carboxylic acids is 5. The maximum absolute atomic E-state index is 13.9. The third-order valence-corrected chi connectivity index (χ3v) is 15.7. The summed E-state index contributed by atoms with van der Waals surface area (Å²) in [4.78, 5) is 66.5. The van der Waals surface area contributed by atoms with Crippen molar-refractivity contribution in [2.45, 2.75) is 129 Å². The van der Waals surface area contributed by atoms with Gasteiger partial charge in [0.1, 0.15) is 17.6 Å². The zero-order chi connectivity index (χ0) is 41.6. The molecular weight excluding hydrogens is 739 g/mol. The highest BCUT2D eigenvalue weighted by molar-refractivity contribution is 6.09. The topological polar surface area (TPSA) is 122 Å². The van der Waals surface area contributed by atoms with Crippen LogP contribution in [0.15, 0.2) is 77.4 Å². The number of benzene rings is 2. The van der Waals surface area contributed by atoms with E-state index in [-0.39, 0.29) is 65.8 Å². The number of amides is 2. The highest BCUT2D eigenvalue weighted by Gasteiger charge is 2.61. The minimum atomic E-state index is -0.836. The average Bonchev–Trinajstić information content (AvgIpc) is 3.75. The van der Waals surface area contributed by atoms with E-state index in [1.165, 1.54) is 18.1 Å². The van der Waals surface area contributed by atoms with Gasteiger partial charge in [-0.2, -0.15) is 0 Å². The largest absolute Gasteiger partial charge is 0.365 e. The van der Waals surface area contributed by atoms with Crippen molar-refractivity contribution in [1.29, 1.82) is 0 Å². The second-order valence-corrected chi connectivity index (χ2v) is 19.2. The van der Waals surface area contributed by atoms with Crippen molar-refractivity contribution >= 4 is 29.2 Å². The van der Waals surface area contributed by atoms with Crippen molar-refractivity contribution in [1.82, 2.24) is 15.5 Å². The van der Waals surface area contributed by atoms with Crippen LogP contribution in [0.4, 0.5) is 0 Å². The van der Waals surface area contributed by atoms with Gasteiger partial charge in [-0.3, -0.25) is 24.1 Å². The van der Waals surface area contributed by atoms with Gasteiger partial charge in [-0.1, -0.05) is 92.6 Å². The first kappa shape index (κ1) is 41.5. The lowest BCUT2D eigenvalue weighted by molar-refractivity contribution is -0.129. The molecule has 2 aromatic carbocycles. The number of nitrogens with zero attached hydrogens (tertiary/aromatic N) is 1. The predicted octanol–water partition coefficient (Wildman–Crippen LogP) is 7.37. The fourth-order valence-electron chi connectivity index (χ4n) is 12.6. The Morgan fingerprint density at radius 2 is 1.73 bits per heavy atom. The van der Waals surface area contributed by atoms with Gasteiger partial charge < -0.3 is 20.2 Å². The van der Waals surface area contributed by atoms with Crippen molar-refractivity contribution in [2.75, 3.05) is 19.6 Å². The minimum Gasteiger partial charge on any atom is -0.365 e. The smallest absolute Gasteiger partial charge is 0.242 e. The van der Waals surface area contributed by atoms with E-state index >= 15 is 0 Å². The van der Waals surface area contributed by atoms with E-state index in [1.807, 2.05) is 30.3 Å². The van der Waals surface area contributed by atoms with Gasteiger partial charge in [-0.15, -0.1) is 0 Å². The summed E-state index contributed by atoms with van der Waals surface area (Å²) >= 11 is 0. The van der Waals surface area contributed by atoms with Crippen LogP contribution in [0.1, 0.15) is 120 Å². The summed E-state index contributed by atoms with van der Waals surface area (Å²) < 4.78 is 7.35. The molecule has 314 valence electrons. The molecule has 59 heavy (non-hydrogen) atoms. The first-order chi connectivity index (χ1) is 28.3. The molecule has 2 amide bonds. The van der Waals surface area contributed by atoms with Crippen LogP contribution in [0.3, 0.4) is 0 Å². The van der Waals surface area contributed by atoms with Gasteiger partial charge in [0.15, 0.2) is 5.78 Å². The van der Waals surface area contributed by atoms with Crippen molar-refractivity contribution in [3.8, 4) is 0 Å². The summed E-state index contributed by atoms with van der Waals surface area (Å²) in [5.74, 6) is 2.25. The number of Topliss-reactive ketones (excluding diaryl/α,β-unsaturated/α-hetero) is 2. The number of ketones is 3. The van der Waals surface area contributed by atoms with Crippen molar-refractivity contribution in [3.05, 3.63) is 94.1 Å². The van der Waals surface area contributed by atoms with E-state index in [0.29, 0.717) is 72.4 Å². The van der Waals surface area contributed by atoms with E-state index in [0.717, 1.165) is 50.6 Å². The summed E-state index contributed by atoms with van der Waals surface area (Å²) in [6.07, 6.45) is 10.8. The molecule has 6 unspecified atom stereocenters. The van der Waals surface area contributed by atoms with Gasteiger partial charge >= 0.3 is 0 Å². The Morgan fingerprint density at radius 3 is 2.47 bits per heavy atom. The number of nitrogens with one attached hydrogen (secondary N) is 2. The van der Waals surface area contributed by atoms with E-state index in [4.69, 9.17) is 4.74 Å². The van der Waals surface area contributed by atoms with Crippen LogP contribution in [-0.2, 0) is 30.3 Å². The normalized spacial score (nSPS) is 33.0. The van der Waals surface area contributed by atoms with Crippen molar-refractivity contribution < 1.29 is 28.7 Å². The van der Waals surface area contributed by atoms with Gasteiger partial charge in [0.05, 0.1) is 11.7 Å². The first-order valence-corrected chi connectivity index (χ1v) is 22.4.